The van der Waals surface area contributed by atoms with Crippen LogP contribution in [0.4, 0.5) is 0 Å². The predicted octanol–water partition coefficient (Wildman–Crippen LogP) is 8.05. The molecule has 188 valence electrons. The molecule has 0 fully saturated rings. The third kappa shape index (κ3) is 5.39. The van der Waals surface area contributed by atoms with E-state index in [2.05, 4.69) is 58.2 Å². The van der Waals surface area contributed by atoms with Crippen molar-refractivity contribution in [2.75, 3.05) is 6.61 Å². The highest BCUT2D eigenvalue weighted by Crippen LogP contribution is 2.48. The van der Waals surface area contributed by atoms with Gasteiger partial charge in [0.15, 0.2) is 0 Å². The minimum Gasteiger partial charge on any atom is -0.494 e. The molecule has 36 heavy (non-hydrogen) atoms. The highest BCUT2D eigenvalue weighted by molar-refractivity contribution is 9.10. The van der Waals surface area contributed by atoms with Crippen molar-refractivity contribution < 1.29 is 14.2 Å². The van der Waals surface area contributed by atoms with Crippen molar-refractivity contribution >= 4 is 21.6 Å². The topological polar surface area (TPSA) is 43.3 Å². The van der Waals surface area contributed by atoms with Gasteiger partial charge < -0.3 is 14.2 Å². The third-order valence-electron chi connectivity index (χ3n) is 6.49. The van der Waals surface area contributed by atoms with E-state index in [4.69, 9.17) is 19.3 Å². The van der Waals surface area contributed by atoms with Gasteiger partial charge in [-0.2, -0.15) is 5.10 Å². The molecule has 0 saturated heterocycles. The lowest BCUT2D eigenvalue weighted by Gasteiger charge is -2.38. The standard InChI is InChI=1S/C30H33BrN2O3/c1-4-5-6-17-34-24-12-9-22(10-13-24)30-33-28(26-18-23(31)11-16-29(26)36-30)19-27(32-33)21-7-14-25(15-8-21)35-20(2)3/h7-16,18,20,28,30H,4-6,17,19H2,1-3H3. The molecule has 3 aromatic carbocycles. The fourth-order valence-corrected chi connectivity index (χ4v) is 5.10. The van der Waals surface area contributed by atoms with Crippen molar-refractivity contribution in [2.45, 2.75) is 64.8 Å². The Labute approximate surface area is 222 Å². The maximum absolute atomic E-state index is 6.52. The molecule has 6 heteroatoms. The molecule has 0 aliphatic carbocycles. The molecule has 2 aliphatic rings. The Hall–Kier alpha value is -2.99. The number of benzene rings is 3. The number of hydrogen-bond acceptors (Lipinski definition) is 5. The Morgan fingerprint density at radius 3 is 2.47 bits per heavy atom. The van der Waals surface area contributed by atoms with Gasteiger partial charge in [0.1, 0.15) is 17.2 Å². The monoisotopic (exact) mass is 548 g/mol. The summed E-state index contributed by atoms with van der Waals surface area (Å²) in [5, 5.41) is 7.20. The van der Waals surface area contributed by atoms with Crippen LogP contribution in [0.25, 0.3) is 0 Å². The van der Waals surface area contributed by atoms with Gasteiger partial charge in [-0.25, -0.2) is 5.01 Å². The average molecular weight is 550 g/mol. The largest absolute Gasteiger partial charge is 0.494 e. The summed E-state index contributed by atoms with van der Waals surface area (Å²) in [6, 6.07) is 22.8. The first-order valence-corrected chi connectivity index (χ1v) is 13.6. The van der Waals surface area contributed by atoms with Gasteiger partial charge >= 0.3 is 0 Å². The molecule has 5 nitrogen and oxygen atoms in total. The minimum atomic E-state index is -0.307. The van der Waals surface area contributed by atoms with Gasteiger partial charge in [-0.15, -0.1) is 0 Å². The second kappa shape index (κ2) is 11.0. The van der Waals surface area contributed by atoms with Gasteiger partial charge in [-0.1, -0.05) is 35.7 Å². The molecule has 5 rings (SSSR count). The van der Waals surface area contributed by atoms with Crippen LogP contribution < -0.4 is 14.2 Å². The Bertz CT molecular complexity index is 1210. The van der Waals surface area contributed by atoms with E-state index in [1.165, 1.54) is 12.8 Å². The van der Waals surface area contributed by atoms with Crippen molar-refractivity contribution in [3.63, 3.8) is 0 Å². The van der Waals surface area contributed by atoms with E-state index in [9.17, 15) is 0 Å². The number of ether oxygens (including phenoxy) is 3. The van der Waals surface area contributed by atoms with Gasteiger partial charge in [-0.05, 0) is 92.6 Å². The van der Waals surface area contributed by atoms with Crippen LogP contribution in [0.3, 0.4) is 0 Å². The summed E-state index contributed by atoms with van der Waals surface area (Å²) in [6.07, 6.45) is 4.11. The summed E-state index contributed by atoms with van der Waals surface area (Å²) < 4.78 is 19.3. The van der Waals surface area contributed by atoms with E-state index in [1.807, 2.05) is 50.2 Å². The molecule has 0 radical (unpaired) electrons. The number of nitrogens with zero attached hydrogens (tertiary/aromatic N) is 2. The van der Waals surface area contributed by atoms with Crippen molar-refractivity contribution in [1.29, 1.82) is 0 Å². The minimum absolute atomic E-state index is 0.0998. The number of halogens is 1. The zero-order chi connectivity index (χ0) is 25.1. The molecular weight excluding hydrogens is 516 g/mol. The van der Waals surface area contributed by atoms with Crippen molar-refractivity contribution in [3.05, 3.63) is 87.9 Å². The maximum atomic E-state index is 6.52. The van der Waals surface area contributed by atoms with Gasteiger partial charge in [0.05, 0.1) is 24.5 Å². The Morgan fingerprint density at radius 2 is 1.75 bits per heavy atom. The lowest BCUT2D eigenvalue weighted by molar-refractivity contribution is -0.0191. The second-order valence-electron chi connectivity index (χ2n) is 9.61. The molecule has 0 N–H and O–H groups in total. The molecule has 2 unspecified atom stereocenters. The number of hydrazone groups is 1. The van der Waals surface area contributed by atoms with Gasteiger partial charge in [0, 0.05) is 22.0 Å². The van der Waals surface area contributed by atoms with Crippen LogP contribution >= 0.6 is 15.9 Å². The first-order chi connectivity index (χ1) is 17.5. The molecule has 0 bridgehead atoms. The third-order valence-corrected chi connectivity index (χ3v) is 6.99. The maximum Gasteiger partial charge on any atom is 0.213 e. The number of rotatable bonds is 9. The second-order valence-corrected chi connectivity index (χ2v) is 10.5. The molecule has 0 saturated carbocycles. The highest BCUT2D eigenvalue weighted by atomic mass is 79.9. The van der Waals surface area contributed by atoms with Crippen LogP contribution in [0.1, 0.15) is 75.4 Å². The Balaban J connectivity index is 1.41. The van der Waals surface area contributed by atoms with Crippen LogP contribution in [-0.2, 0) is 0 Å². The Kier molecular flexibility index (Phi) is 7.51. The van der Waals surface area contributed by atoms with Gasteiger partial charge in [0.25, 0.3) is 0 Å². The summed E-state index contributed by atoms with van der Waals surface area (Å²) in [4.78, 5) is 0. The van der Waals surface area contributed by atoms with E-state index < -0.39 is 0 Å². The predicted molar refractivity (Wildman–Crippen MR) is 147 cm³/mol. The normalized spacial score (nSPS) is 18.4. The highest BCUT2D eigenvalue weighted by Gasteiger charge is 2.41. The van der Waals surface area contributed by atoms with Crippen LogP contribution in [0, 0.1) is 0 Å². The fraction of sp³-hybridized carbons (Fsp3) is 0.367. The number of unbranched alkanes of at least 4 members (excludes halogenated alkanes) is 2. The number of fused-ring (bicyclic) bond motifs is 3. The Morgan fingerprint density at radius 1 is 1.00 bits per heavy atom. The quantitative estimate of drug-likeness (QED) is 0.253. The molecule has 2 heterocycles. The van der Waals surface area contributed by atoms with Crippen LogP contribution in [0.15, 0.2) is 76.3 Å². The van der Waals surface area contributed by atoms with E-state index in [0.717, 1.165) is 63.6 Å². The fourth-order valence-electron chi connectivity index (χ4n) is 4.72. The number of hydrogen-bond donors (Lipinski definition) is 0. The van der Waals surface area contributed by atoms with Gasteiger partial charge in [0.2, 0.25) is 6.23 Å². The average Bonchev–Trinajstić information content (AvgIpc) is 3.33. The summed E-state index contributed by atoms with van der Waals surface area (Å²) >= 11 is 3.63. The summed E-state index contributed by atoms with van der Waals surface area (Å²) in [6.45, 7) is 7.02. The SMILES string of the molecule is CCCCCOc1ccc(C2Oc3ccc(Br)cc3C3CC(c4ccc(OC(C)C)cc4)=NN32)cc1. The molecule has 2 aliphatic heterocycles. The van der Waals surface area contributed by atoms with E-state index in [-0.39, 0.29) is 18.4 Å². The zero-order valence-corrected chi connectivity index (χ0v) is 22.7. The van der Waals surface area contributed by atoms with Crippen molar-refractivity contribution in [3.8, 4) is 17.2 Å². The smallest absolute Gasteiger partial charge is 0.213 e. The van der Waals surface area contributed by atoms with Crippen molar-refractivity contribution in [2.24, 2.45) is 5.10 Å². The lowest BCUT2D eigenvalue weighted by Crippen LogP contribution is -2.33. The molecule has 2 atom stereocenters. The van der Waals surface area contributed by atoms with Gasteiger partial charge in [-0.3, -0.25) is 0 Å². The van der Waals surface area contributed by atoms with E-state index in [1.54, 1.807) is 0 Å². The first-order valence-electron chi connectivity index (χ1n) is 12.8. The summed E-state index contributed by atoms with van der Waals surface area (Å²) in [5.74, 6) is 2.67. The van der Waals surface area contributed by atoms with Crippen molar-refractivity contribution in [1.82, 2.24) is 5.01 Å². The van der Waals surface area contributed by atoms with Crippen LogP contribution in [0.5, 0.6) is 17.2 Å². The molecular formula is C30H33BrN2O3. The molecule has 3 aromatic rings. The van der Waals surface area contributed by atoms with E-state index >= 15 is 0 Å². The molecule has 0 amide bonds. The zero-order valence-electron chi connectivity index (χ0n) is 21.1. The van der Waals surface area contributed by atoms with Crippen LogP contribution in [-0.4, -0.2) is 23.4 Å². The van der Waals surface area contributed by atoms with E-state index in [0.29, 0.717) is 0 Å². The summed E-state index contributed by atoms with van der Waals surface area (Å²) in [5.41, 5.74) is 4.36. The first kappa shape index (κ1) is 24.7. The summed E-state index contributed by atoms with van der Waals surface area (Å²) in [7, 11) is 0. The lowest BCUT2D eigenvalue weighted by atomic mass is 9.96. The molecule has 0 aromatic heterocycles. The van der Waals surface area contributed by atoms with Crippen LogP contribution in [0.2, 0.25) is 0 Å². The molecule has 0 spiro atoms.